The van der Waals surface area contributed by atoms with Crippen LogP contribution in [0.3, 0.4) is 0 Å². The van der Waals surface area contributed by atoms with E-state index >= 15 is 0 Å². The standard InChI is InChI=1S/C22H23N/c1-16(8-6-7-13-23)14-17-11-12-19-18-9-4-5-10-20(18)22(2,3)21(19)15-17/h4-13,15,23H,14H2,1-3H3/b7-6-,16-8+,23-13?. The van der Waals surface area contributed by atoms with Gasteiger partial charge in [0, 0.05) is 11.6 Å². The Morgan fingerprint density at radius 1 is 1.00 bits per heavy atom. The van der Waals surface area contributed by atoms with Crippen LogP contribution in [0.5, 0.6) is 0 Å². The highest BCUT2D eigenvalue weighted by Gasteiger charge is 2.34. The van der Waals surface area contributed by atoms with E-state index < -0.39 is 0 Å². The summed E-state index contributed by atoms with van der Waals surface area (Å²) >= 11 is 0. The molecule has 1 heteroatoms. The summed E-state index contributed by atoms with van der Waals surface area (Å²) in [6.07, 6.45) is 8.00. The molecule has 116 valence electrons. The highest BCUT2D eigenvalue weighted by molar-refractivity contribution is 5.80. The van der Waals surface area contributed by atoms with Crippen molar-refractivity contribution in [2.75, 3.05) is 0 Å². The van der Waals surface area contributed by atoms with Gasteiger partial charge in [0.15, 0.2) is 0 Å². The molecule has 1 nitrogen and oxygen atoms in total. The van der Waals surface area contributed by atoms with E-state index in [9.17, 15) is 0 Å². The van der Waals surface area contributed by atoms with Gasteiger partial charge in [0.2, 0.25) is 0 Å². The van der Waals surface area contributed by atoms with Gasteiger partial charge in [-0.1, -0.05) is 74.0 Å². The molecule has 0 amide bonds. The van der Waals surface area contributed by atoms with Gasteiger partial charge in [-0.3, -0.25) is 0 Å². The third-order valence-corrected chi connectivity index (χ3v) is 4.72. The van der Waals surface area contributed by atoms with Crippen LogP contribution in [-0.2, 0) is 11.8 Å². The SMILES string of the molecule is C/C(=C\C=C/C=N)Cc1ccc2c(c1)C(C)(C)c1ccccc1-2. The van der Waals surface area contributed by atoms with Gasteiger partial charge in [-0.15, -0.1) is 0 Å². The molecule has 0 radical (unpaired) electrons. The van der Waals surface area contributed by atoms with E-state index in [4.69, 9.17) is 5.41 Å². The monoisotopic (exact) mass is 301 g/mol. The Labute approximate surface area is 138 Å². The lowest BCUT2D eigenvalue weighted by molar-refractivity contribution is 0.659. The average Bonchev–Trinajstić information content (AvgIpc) is 2.76. The molecule has 1 aliphatic rings. The first-order valence-corrected chi connectivity index (χ1v) is 8.10. The van der Waals surface area contributed by atoms with Crippen LogP contribution < -0.4 is 0 Å². The Kier molecular flexibility index (Phi) is 4.04. The fourth-order valence-electron chi connectivity index (χ4n) is 3.52. The number of rotatable bonds is 4. The molecule has 1 N–H and O–H groups in total. The molecular weight excluding hydrogens is 278 g/mol. The zero-order valence-electron chi connectivity index (χ0n) is 14.1. The number of nitrogens with one attached hydrogen (secondary N) is 1. The van der Waals surface area contributed by atoms with Gasteiger partial charge in [-0.05, 0) is 47.2 Å². The van der Waals surface area contributed by atoms with Gasteiger partial charge >= 0.3 is 0 Å². The van der Waals surface area contributed by atoms with E-state index in [0.29, 0.717) is 0 Å². The van der Waals surface area contributed by atoms with Crippen LogP contribution in [0.2, 0.25) is 0 Å². The van der Waals surface area contributed by atoms with Gasteiger partial charge in [-0.25, -0.2) is 0 Å². The molecule has 0 fully saturated rings. The van der Waals surface area contributed by atoms with Crippen LogP contribution in [0, 0.1) is 5.41 Å². The highest BCUT2D eigenvalue weighted by Crippen LogP contribution is 2.48. The lowest BCUT2D eigenvalue weighted by Crippen LogP contribution is -2.15. The largest absolute Gasteiger partial charge is 0.309 e. The molecule has 2 aromatic carbocycles. The Balaban J connectivity index is 1.96. The first kappa shape index (κ1) is 15.5. The summed E-state index contributed by atoms with van der Waals surface area (Å²) in [6.45, 7) is 6.77. The summed E-state index contributed by atoms with van der Waals surface area (Å²) < 4.78 is 0. The number of hydrogen-bond acceptors (Lipinski definition) is 1. The molecule has 0 spiro atoms. The fraction of sp³-hybridized carbons (Fsp3) is 0.227. The summed E-state index contributed by atoms with van der Waals surface area (Å²) in [5, 5.41) is 7.02. The minimum absolute atomic E-state index is 0.0691. The van der Waals surface area contributed by atoms with Gasteiger partial charge in [0.25, 0.3) is 0 Å². The van der Waals surface area contributed by atoms with Crippen LogP contribution in [0.25, 0.3) is 11.1 Å². The maximum Gasteiger partial charge on any atom is 0.0177 e. The van der Waals surface area contributed by atoms with Gasteiger partial charge in [-0.2, -0.15) is 0 Å². The van der Waals surface area contributed by atoms with E-state index in [0.717, 1.165) is 6.42 Å². The lowest BCUT2D eigenvalue weighted by Gasteiger charge is -2.22. The molecule has 0 heterocycles. The number of hydrogen-bond donors (Lipinski definition) is 1. The molecule has 0 bridgehead atoms. The topological polar surface area (TPSA) is 23.9 Å². The Bertz CT molecular complexity index is 806. The molecule has 0 saturated heterocycles. The smallest absolute Gasteiger partial charge is 0.0177 e. The molecule has 0 atom stereocenters. The number of allylic oxidation sites excluding steroid dienone is 4. The molecule has 3 rings (SSSR count). The van der Waals surface area contributed by atoms with Gasteiger partial charge in [0.05, 0.1) is 0 Å². The fourth-order valence-corrected chi connectivity index (χ4v) is 3.52. The van der Waals surface area contributed by atoms with E-state index in [2.05, 4.69) is 69.3 Å². The minimum Gasteiger partial charge on any atom is -0.309 e. The second-order valence-electron chi connectivity index (χ2n) is 6.79. The number of fused-ring (bicyclic) bond motifs is 3. The van der Waals surface area contributed by atoms with Gasteiger partial charge in [0.1, 0.15) is 0 Å². The second-order valence-corrected chi connectivity index (χ2v) is 6.79. The Hall–Kier alpha value is -2.41. The van der Waals surface area contributed by atoms with Crippen LogP contribution in [0.4, 0.5) is 0 Å². The molecule has 0 aromatic heterocycles. The second kappa shape index (κ2) is 6.00. The molecule has 1 aliphatic carbocycles. The van der Waals surface area contributed by atoms with Crippen molar-refractivity contribution in [3.8, 4) is 11.1 Å². The maximum atomic E-state index is 7.02. The predicted octanol–water partition coefficient (Wildman–Crippen LogP) is 5.69. The van der Waals surface area contributed by atoms with Crippen LogP contribution >= 0.6 is 0 Å². The van der Waals surface area contributed by atoms with Crippen molar-refractivity contribution in [1.29, 1.82) is 5.41 Å². The highest BCUT2D eigenvalue weighted by atomic mass is 14.4. The van der Waals surface area contributed by atoms with Crippen molar-refractivity contribution in [3.63, 3.8) is 0 Å². The molecule has 2 aromatic rings. The summed E-state index contributed by atoms with van der Waals surface area (Å²) in [7, 11) is 0. The normalized spacial score (nSPS) is 15.5. The molecule has 0 aliphatic heterocycles. The average molecular weight is 301 g/mol. The van der Waals surface area contributed by atoms with Crippen molar-refractivity contribution in [2.24, 2.45) is 0 Å². The van der Waals surface area contributed by atoms with E-state index in [1.54, 1.807) is 6.08 Å². The van der Waals surface area contributed by atoms with Crippen molar-refractivity contribution in [3.05, 3.63) is 83.0 Å². The van der Waals surface area contributed by atoms with Crippen molar-refractivity contribution in [2.45, 2.75) is 32.6 Å². The third kappa shape index (κ3) is 2.79. The van der Waals surface area contributed by atoms with E-state index in [-0.39, 0.29) is 5.41 Å². The predicted molar refractivity (Wildman–Crippen MR) is 99.4 cm³/mol. The first-order valence-electron chi connectivity index (χ1n) is 8.10. The zero-order chi connectivity index (χ0) is 16.4. The van der Waals surface area contributed by atoms with Crippen LogP contribution in [-0.4, -0.2) is 6.21 Å². The number of benzene rings is 2. The zero-order valence-corrected chi connectivity index (χ0v) is 14.1. The van der Waals surface area contributed by atoms with Crippen LogP contribution in [0.15, 0.2) is 66.3 Å². The van der Waals surface area contributed by atoms with Crippen molar-refractivity contribution >= 4 is 6.21 Å². The minimum atomic E-state index is 0.0691. The molecule has 0 saturated carbocycles. The van der Waals surface area contributed by atoms with Crippen LogP contribution in [0.1, 0.15) is 37.5 Å². The first-order chi connectivity index (χ1) is 11.0. The third-order valence-electron chi connectivity index (χ3n) is 4.72. The Morgan fingerprint density at radius 3 is 2.52 bits per heavy atom. The van der Waals surface area contributed by atoms with E-state index in [1.807, 2.05) is 6.08 Å². The molecule has 0 unspecified atom stereocenters. The summed E-state index contributed by atoms with van der Waals surface area (Å²) in [6, 6.07) is 15.6. The van der Waals surface area contributed by atoms with Crippen molar-refractivity contribution in [1.82, 2.24) is 0 Å². The quantitative estimate of drug-likeness (QED) is 0.554. The summed E-state index contributed by atoms with van der Waals surface area (Å²) in [5.74, 6) is 0. The summed E-state index contributed by atoms with van der Waals surface area (Å²) in [5.41, 5.74) is 8.32. The lowest BCUT2D eigenvalue weighted by atomic mass is 9.81. The Morgan fingerprint density at radius 2 is 1.74 bits per heavy atom. The molecule has 23 heavy (non-hydrogen) atoms. The summed E-state index contributed by atoms with van der Waals surface area (Å²) in [4.78, 5) is 0. The van der Waals surface area contributed by atoms with E-state index in [1.165, 1.54) is 39.6 Å². The maximum absolute atomic E-state index is 7.02. The molecular formula is C22H23N. The van der Waals surface area contributed by atoms with Gasteiger partial charge < -0.3 is 5.41 Å². The van der Waals surface area contributed by atoms with Crippen molar-refractivity contribution < 1.29 is 0 Å².